The first-order valence-corrected chi connectivity index (χ1v) is 7.02. The van der Waals surface area contributed by atoms with Crippen LogP contribution in [-0.4, -0.2) is 37.2 Å². The number of benzene rings is 1. The van der Waals surface area contributed by atoms with Crippen LogP contribution in [0.1, 0.15) is 20.8 Å². The minimum absolute atomic E-state index is 0.0908. The number of hydrogen-bond acceptors (Lipinski definition) is 2. The van der Waals surface area contributed by atoms with E-state index in [4.69, 9.17) is 4.74 Å². The molecule has 1 aromatic rings. The molecule has 1 heterocycles. The van der Waals surface area contributed by atoms with Crippen molar-refractivity contribution in [1.82, 2.24) is 0 Å². The summed E-state index contributed by atoms with van der Waals surface area (Å²) in [6.45, 7) is 7.55. The molecule has 0 saturated carbocycles. The fourth-order valence-corrected chi connectivity index (χ4v) is 2.67. The molecule has 110 valence electrons. The van der Waals surface area contributed by atoms with Gasteiger partial charge in [-0.15, -0.1) is 0 Å². The smallest absolute Gasteiger partial charge is 0.282 e. The standard InChI is InChI=1S/C15H21FN2O2/c1-10-8-18(9-11(2)20-10)12(3)15(19)17-14-6-4-5-13(16)7-14/h4-7,10-12H,8-9H2,1-3H3,(H,17,19)/p+1/t10-,11-,12+/m1/s1. The fourth-order valence-electron chi connectivity index (χ4n) is 2.67. The van der Waals surface area contributed by atoms with Gasteiger partial charge in [0.1, 0.15) is 31.1 Å². The summed E-state index contributed by atoms with van der Waals surface area (Å²) in [7, 11) is 0. The van der Waals surface area contributed by atoms with Crippen LogP contribution in [0.15, 0.2) is 24.3 Å². The Morgan fingerprint density at radius 2 is 2.05 bits per heavy atom. The minimum Gasteiger partial charge on any atom is -0.364 e. The minimum atomic E-state index is -0.351. The van der Waals surface area contributed by atoms with E-state index in [1.807, 2.05) is 20.8 Å². The van der Waals surface area contributed by atoms with E-state index in [1.54, 1.807) is 12.1 Å². The quantitative estimate of drug-likeness (QED) is 0.862. The summed E-state index contributed by atoms with van der Waals surface area (Å²) < 4.78 is 18.8. The van der Waals surface area contributed by atoms with Crippen molar-refractivity contribution in [2.24, 2.45) is 0 Å². The fraction of sp³-hybridized carbons (Fsp3) is 0.533. The van der Waals surface area contributed by atoms with Gasteiger partial charge in [0.05, 0.1) is 0 Å². The van der Waals surface area contributed by atoms with Crippen molar-refractivity contribution in [2.45, 2.75) is 39.0 Å². The van der Waals surface area contributed by atoms with Crippen molar-refractivity contribution in [2.75, 3.05) is 18.4 Å². The van der Waals surface area contributed by atoms with Gasteiger partial charge in [0.2, 0.25) is 0 Å². The van der Waals surface area contributed by atoms with Crippen LogP contribution < -0.4 is 10.2 Å². The molecular formula is C15H22FN2O2+. The van der Waals surface area contributed by atoms with E-state index in [-0.39, 0.29) is 30.0 Å². The highest BCUT2D eigenvalue weighted by Gasteiger charge is 2.32. The van der Waals surface area contributed by atoms with Crippen LogP contribution in [0.3, 0.4) is 0 Å². The largest absolute Gasteiger partial charge is 0.364 e. The number of carbonyl (C=O) groups excluding carboxylic acids is 1. The average Bonchev–Trinajstić information content (AvgIpc) is 2.36. The number of anilines is 1. The van der Waals surface area contributed by atoms with Crippen molar-refractivity contribution in [3.8, 4) is 0 Å². The lowest BCUT2D eigenvalue weighted by Gasteiger charge is -2.35. The molecule has 1 aliphatic heterocycles. The zero-order valence-corrected chi connectivity index (χ0v) is 12.2. The summed E-state index contributed by atoms with van der Waals surface area (Å²) in [6, 6.07) is 5.77. The summed E-state index contributed by atoms with van der Waals surface area (Å²) in [6.07, 6.45) is 0.302. The average molecular weight is 281 g/mol. The van der Waals surface area contributed by atoms with E-state index in [2.05, 4.69) is 5.32 Å². The van der Waals surface area contributed by atoms with Crippen molar-refractivity contribution < 1.29 is 18.8 Å². The maximum absolute atomic E-state index is 13.1. The number of halogens is 1. The molecule has 3 atom stereocenters. The van der Waals surface area contributed by atoms with Crippen molar-refractivity contribution in [1.29, 1.82) is 0 Å². The van der Waals surface area contributed by atoms with Crippen LogP contribution >= 0.6 is 0 Å². The molecule has 5 heteroatoms. The second-order valence-corrected chi connectivity index (χ2v) is 5.55. The predicted octanol–water partition coefficient (Wildman–Crippen LogP) is 0.845. The maximum atomic E-state index is 13.1. The number of nitrogens with one attached hydrogen (secondary N) is 2. The van der Waals surface area contributed by atoms with Gasteiger partial charge >= 0.3 is 0 Å². The Kier molecular flexibility index (Phi) is 4.73. The van der Waals surface area contributed by atoms with Gasteiger partial charge < -0.3 is 15.0 Å². The molecule has 4 nitrogen and oxygen atoms in total. The third-order valence-electron chi connectivity index (χ3n) is 3.66. The Morgan fingerprint density at radius 1 is 1.40 bits per heavy atom. The van der Waals surface area contributed by atoms with Gasteiger partial charge in [-0.3, -0.25) is 4.79 Å². The highest BCUT2D eigenvalue weighted by molar-refractivity contribution is 5.93. The first-order chi connectivity index (χ1) is 9.45. The molecule has 0 spiro atoms. The lowest BCUT2D eigenvalue weighted by molar-refractivity contribution is -0.928. The highest BCUT2D eigenvalue weighted by atomic mass is 19.1. The van der Waals surface area contributed by atoms with Crippen LogP contribution in [-0.2, 0) is 9.53 Å². The summed E-state index contributed by atoms with van der Waals surface area (Å²) in [5.74, 6) is -0.441. The van der Waals surface area contributed by atoms with E-state index < -0.39 is 0 Å². The van der Waals surface area contributed by atoms with Gasteiger partial charge in [-0.2, -0.15) is 0 Å². The monoisotopic (exact) mass is 281 g/mol. The lowest BCUT2D eigenvalue weighted by Crippen LogP contribution is -3.19. The molecule has 0 bridgehead atoms. The maximum Gasteiger partial charge on any atom is 0.282 e. The van der Waals surface area contributed by atoms with Crippen molar-refractivity contribution >= 4 is 11.6 Å². The Balaban J connectivity index is 1.98. The Hall–Kier alpha value is -1.46. The zero-order valence-electron chi connectivity index (χ0n) is 12.2. The lowest BCUT2D eigenvalue weighted by atomic mass is 10.1. The van der Waals surface area contributed by atoms with Crippen LogP contribution in [0.5, 0.6) is 0 Å². The molecule has 0 radical (unpaired) electrons. The summed E-state index contributed by atoms with van der Waals surface area (Å²) >= 11 is 0. The second kappa shape index (κ2) is 6.33. The number of hydrogen-bond donors (Lipinski definition) is 2. The molecule has 20 heavy (non-hydrogen) atoms. The number of ether oxygens (including phenoxy) is 1. The summed E-state index contributed by atoms with van der Waals surface area (Å²) in [4.78, 5) is 13.4. The molecule has 1 saturated heterocycles. The predicted molar refractivity (Wildman–Crippen MR) is 75.2 cm³/mol. The van der Waals surface area contributed by atoms with Crippen molar-refractivity contribution in [3.63, 3.8) is 0 Å². The van der Waals surface area contributed by atoms with Crippen LogP contribution in [0.2, 0.25) is 0 Å². The topological polar surface area (TPSA) is 42.8 Å². The molecule has 0 aromatic heterocycles. The number of carbonyl (C=O) groups is 1. The Morgan fingerprint density at radius 3 is 2.65 bits per heavy atom. The molecule has 1 aliphatic rings. The highest BCUT2D eigenvalue weighted by Crippen LogP contribution is 2.09. The SMILES string of the molecule is C[C@@H]1C[NH+]([C@@H](C)C(=O)Nc2cccc(F)c2)C[C@@H](C)O1. The third kappa shape index (κ3) is 3.77. The van der Waals surface area contributed by atoms with E-state index >= 15 is 0 Å². The van der Waals surface area contributed by atoms with Gasteiger partial charge in [0.25, 0.3) is 5.91 Å². The van der Waals surface area contributed by atoms with Gasteiger partial charge in [-0.25, -0.2) is 4.39 Å². The Bertz CT molecular complexity index is 471. The van der Waals surface area contributed by atoms with E-state index in [1.165, 1.54) is 17.0 Å². The first-order valence-electron chi connectivity index (χ1n) is 7.02. The van der Waals surface area contributed by atoms with Crippen molar-refractivity contribution in [3.05, 3.63) is 30.1 Å². The van der Waals surface area contributed by atoms with E-state index in [0.717, 1.165) is 13.1 Å². The van der Waals surface area contributed by atoms with E-state index in [0.29, 0.717) is 5.69 Å². The number of rotatable bonds is 3. The van der Waals surface area contributed by atoms with Gasteiger partial charge in [-0.05, 0) is 39.0 Å². The van der Waals surface area contributed by atoms with Gasteiger partial charge in [0.15, 0.2) is 6.04 Å². The normalized spacial score (nSPS) is 27.9. The number of quaternary nitrogens is 1. The molecule has 0 aliphatic carbocycles. The summed E-state index contributed by atoms with van der Waals surface area (Å²) in [5.41, 5.74) is 0.496. The van der Waals surface area contributed by atoms with Gasteiger partial charge in [0, 0.05) is 5.69 Å². The van der Waals surface area contributed by atoms with Crippen LogP contribution in [0.4, 0.5) is 10.1 Å². The summed E-state index contributed by atoms with van der Waals surface area (Å²) in [5, 5.41) is 2.77. The Labute approximate surface area is 118 Å². The molecule has 1 aromatic carbocycles. The number of morpholine rings is 1. The molecule has 2 rings (SSSR count). The molecule has 1 amide bonds. The molecular weight excluding hydrogens is 259 g/mol. The third-order valence-corrected chi connectivity index (χ3v) is 3.66. The first kappa shape index (κ1) is 14.9. The van der Waals surface area contributed by atoms with E-state index in [9.17, 15) is 9.18 Å². The number of amides is 1. The second-order valence-electron chi connectivity index (χ2n) is 5.55. The molecule has 1 fully saturated rings. The van der Waals surface area contributed by atoms with Crippen LogP contribution in [0, 0.1) is 5.82 Å². The molecule has 2 N–H and O–H groups in total. The zero-order chi connectivity index (χ0) is 14.7. The van der Waals surface area contributed by atoms with Gasteiger partial charge in [-0.1, -0.05) is 6.07 Å². The van der Waals surface area contributed by atoms with Crippen LogP contribution in [0.25, 0.3) is 0 Å². The molecule has 0 unspecified atom stereocenters.